The van der Waals surface area contributed by atoms with Gasteiger partial charge in [-0.3, -0.25) is 9.59 Å². The molecular formula is C20H20N6O2. The Bertz CT molecular complexity index is 951. The summed E-state index contributed by atoms with van der Waals surface area (Å²) < 4.78 is 0. The molecule has 8 nitrogen and oxygen atoms in total. The fraction of sp³-hybridized carbons (Fsp3) is 0.150. The largest absolute Gasteiger partial charge is 0.326 e. The molecule has 0 aliphatic rings. The number of hydrogen-bond acceptors (Lipinski definition) is 5. The van der Waals surface area contributed by atoms with Gasteiger partial charge in [0.2, 0.25) is 11.8 Å². The molecule has 3 rings (SSSR count). The van der Waals surface area contributed by atoms with Crippen molar-refractivity contribution in [3.05, 3.63) is 78.1 Å². The molecule has 0 bridgehead atoms. The highest BCUT2D eigenvalue weighted by Gasteiger charge is 2.06. The molecule has 0 atom stereocenters. The van der Waals surface area contributed by atoms with Gasteiger partial charge < -0.3 is 10.6 Å². The Kier molecular flexibility index (Phi) is 6.25. The smallest absolute Gasteiger partial charge is 0.247 e. The fourth-order valence-corrected chi connectivity index (χ4v) is 2.63. The monoisotopic (exact) mass is 376 g/mol. The van der Waals surface area contributed by atoms with Crippen LogP contribution in [0.1, 0.15) is 23.4 Å². The molecule has 0 aliphatic heterocycles. The van der Waals surface area contributed by atoms with Crippen LogP contribution in [0.15, 0.2) is 61.2 Å². The van der Waals surface area contributed by atoms with Crippen molar-refractivity contribution in [1.82, 2.24) is 20.6 Å². The van der Waals surface area contributed by atoms with Gasteiger partial charge in [-0.1, -0.05) is 36.1 Å². The van der Waals surface area contributed by atoms with Gasteiger partial charge in [-0.05, 0) is 47.9 Å². The lowest BCUT2D eigenvalue weighted by Gasteiger charge is -2.08. The van der Waals surface area contributed by atoms with E-state index in [0.29, 0.717) is 30.8 Å². The van der Waals surface area contributed by atoms with Crippen LogP contribution >= 0.6 is 0 Å². The Labute approximate surface area is 162 Å². The summed E-state index contributed by atoms with van der Waals surface area (Å²) in [4.78, 5) is 23.5. The summed E-state index contributed by atoms with van der Waals surface area (Å²) in [6.45, 7) is 3.41. The van der Waals surface area contributed by atoms with Gasteiger partial charge in [-0.2, -0.15) is 5.21 Å². The van der Waals surface area contributed by atoms with Crippen LogP contribution in [0.2, 0.25) is 0 Å². The van der Waals surface area contributed by atoms with Gasteiger partial charge in [0.15, 0.2) is 5.82 Å². The number of carbonyl (C=O) groups excluding carboxylic acids is 2. The summed E-state index contributed by atoms with van der Waals surface area (Å²) in [7, 11) is 0. The number of amides is 2. The van der Waals surface area contributed by atoms with Crippen molar-refractivity contribution in [2.45, 2.75) is 19.3 Å². The summed E-state index contributed by atoms with van der Waals surface area (Å²) in [6, 6.07) is 14.9. The summed E-state index contributed by atoms with van der Waals surface area (Å²) in [5.74, 6) is 0.269. The number of nitrogens with zero attached hydrogens (tertiary/aromatic N) is 3. The maximum Gasteiger partial charge on any atom is 0.247 e. The summed E-state index contributed by atoms with van der Waals surface area (Å²) in [5.41, 5.74) is 3.42. The van der Waals surface area contributed by atoms with Crippen molar-refractivity contribution in [3.63, 3.8) is 0 Å². The molecule has 1 heterocycles. The van der Waals surface area contributed by atoms with E-state index < -0.39 is 0 Å². The number of hydrogen-bond donors (Lipinski definition) is 3. The number of benzene rings is 2. The van der Waals surface area contributed by atoms with Crippen molar-refractivity contribution in [2.75, 3.05) is 10.6 Å². The Morgan fingerprint density at radius 1 is 1.04 bits per heavy atom. The second-order valence-corrected chi connectivity index (χ2v) is 6.14. The molecular weight excluding hydrogens is 356 g/mol. The van der Waals surface area contributed by atoms with E-state index in [1.54, 1.807) is 12.1 Å². The van der Waals surface area contributed by atoms with E-state index in [2.05, 4.69) is 37.8 Å². The van der Waals surface area contributed by atoms with Crippen LogP contribution in [0, 0.1) is 0 Å². The number of rotatable bonds is 8. The van der Waals surface area contributed by atoms with Crippen LogP contribution in [0.5, 0.6) is 0 Å². The molecule has 8 heteroatoms. The molecule has 2 aromatic carbocycles. The number of H-pyrrole nitrogens is 1. The van der Waals surface area contributed by atoms with Crippen LogP contribution in [-0.4, -0.2) is 32.4 Å². The van der Waals surface area contributed by atoms with Crippen LogP contribution < -0.4 is 10.6 Å². The van der Waals surface area contributed by atoms with Gasteiger partial charge in [-0.15, -0.1) is 10.2 Å². The molecule has 0 fully saturated rings. The minimum atomic E-state index is -0.256. The molecule has 1 aromatic heterocycles. The number of anilines is 2. The zero-order valence-corrected chi connectivity index (χ0v) is 15.2. The van der Waals surface area contributed by atoms with Crippen molar-refractivity contribution in [3.8, 4) is 0 Å². The first-order valence-corrected chi connectivity index (χ1v) is 8.76. The van der Waals surface area contributed by atoms with E-state index in [-0.39, 0.29) is 11.8 Å². The number of carbonyl (C=O) groups is 2. The minimum absolute atomic E-state index is 0.0688. The maximum atomic E-state index is 12.2. The minimum Gasteiger partial charge on any atom is -0.326 e. The van der Waals surface area contributed by atoms with E-state index in [9.17, 15) is 9.59 Å². The average Bonchev–Trinajstić information content (AvgIpc) is 3.20. The van der Waals surface area contributed by atoms with Crippen molar-refractivity contribution in [2.24, 2.45) is 0 Å². The third-order valence-electron chi connectivity index (χ3n) is 4.01. The van der Waals surface area contributed by atoms with Crippen LogP contribution in [-0.2, 0) is 22.4 Å². The Balaban J connectivity index is 1.50. The lowest BCUT2D eigenvalue weighted by Crippen LogP contribution is -2.12. The van der Waals surface area contributed by atoms with E-state index >= 15 is 0 Å². The van der Waals surface area contributed by atoms with Gasteiger partial charge in [0, 0.05) is 24.2 Å². The normalized spacial score (nSPS) is 10.3. The third kappa shape index (κ3) is 5.60. The Hall–Kier alpha value is -3.81. The second-order valence-electron chi connectivity index (χ2n) is 6.14. The van der Waals surface area contributed by atoms with E-state index in [0.717, 1.165) is 16.8 Å². The SMILES string of the molecule is C=CC(=O)Nc1ccc(CCC(=O)Nc2cccc(Cc3nn[nH]n3)c2)cc1. The third-order valence-corrected chi connectivity index (χ3v) is 4.01. The quantitative estimate of drug-likeness (QED) is 0.523. The van der Waals surface area contributed by atoms with Gasteiger partial charge >= 0.3 is 0 Å². The molecule has 0 radical (unpaired) electrons. The highest BCUT2D eigenvalue weighted by Crippen LogP contribution is 2.15. The van der Waals surface area contributed by atoms with Gasteiger partial charge in [0.1, 0.15) is 0 Å². The predicted molar refractivity (Wildman–Crippen MR) is 106 cm³/mol. The molecule has 0 aliphatic carbocycles. The Morgan fingerprint density at radius 2 is 1.86 bits per heavy atom. The Morgan fingerprint density at radius 3 is 2.57 bits per heavy atom. The lowest BCUT2D eigenvalue weighted by atomic mass is 10.1. The number of aromatic amines is 1. The molecule has 28 heavy (non-hydrogen) atoms. The molecule has 3 aromatic rings. The zero-order valence-electron chi connectivity index (χ0n) is 15.2. The molecule has 0 spiro atoms. The molecule has 0 saturated carbocycles. The zero-order chi connectivity index (χ0) is 19.8. The van der Waals surface area contributed by atoms with Gasteiger partial charge in [-0.25, -0.2) is 0 Å². The van der Waals surface area contributed by atoms with Crippen LogP contribution in [0.25, 0.3) is 0 Å². The first-order valence-electron chi connectivity index (χ1n) is 8.76. The fourth-order valence-electron chi connectivity index (χ4n) is 2.63. The van der Waals surface area contributed by atoms with E-state index in [1.165, 1.54) is 6.08 Å². The van der Waals surface area contributed by atoms with E-state index in [1.807, 2.05) is 36.4 Å². The van der Waals surface area contributed by atoms with Crippen LogP contribution in [0.4, 0.5) is 11.4 Å². The highest BCUT2D eigenvalue weighted by atomic mass is 16.2. The highest BCUT2D eigenvalue weighted by molar-refractivity contribution is 5.98. The van der Waals surface area contributed by atoms with Crippen LogP contribution in [0.3, 0.4) is 0 Å². The van der Waals surface area contributed by atoms with Crippen molar-refractivity contribution in [1.29, 1.82) is 0 Å². The van der Waals surface area contributed by atoms with Gasteiger partial charge in [0.05, 0.1) is 0 Å². The van der Waals surface area contributed by atoms with Crippen molar-refractivity contribution < 1.29 is 9.59 Å². The summed E-state index contributed by atoms with van der Waals surface area (Å²) in [5, 5.41) is 19.4. The average molecular weight is 376 g/mol. The number of aryl methyl sites for hydroxylation is 1. The molecule has 142 valence electrons. The predicted octanol–water partition coefficient (Wildman–Crippen LogP) is 2.49. The summed E-state index contributed by atoms with van der Waals surface area (Å²) >= 11 is 0. The first kappa shape index (κ1) is 19.0. The van der Waals surface area contributed by atoms with Crippen molar-refractivity contribution >= 4 is 23.2 Å². The number of nitrogens with one attached hydrogen (secondary N) is 3. The standard InChI is InChI=1S/C20H20N6O2/c1-2-19(27)21-16-9-6-14(7-10-16)8-11-20(28)22-17-5-3-4-15(12-17)13-18-23-25-26-24-18/h2-7,9-10,12H,1,8,11,13H2,(H,21,27)(H,22,28)(H,23,24,25,26). The van der Waals surface area contributed by atoms with E-state index in [4.69, 9.17) is 0 Å². The molecule has 3 N–H and O–H groups in total. The number of tetrazole rings is 1. The molecule has 2 amide bonds. The first-order chi connectivity index (χ1) is 13.6. The summed E-state index contributed by atoms with van der Waals surface area (Å²) in [6.07, 6.45) is 2.71. The number of aromatic nitrogens is 4. The van der Waals surface area contributed by atoms with Gasteiger partial charge in [0.25, 0.3) is 0 Å². The topological polar surface area (TPSA) is 113 Å². The maximum absolute atomic E-state index is 12.2. The molecule has 0 saturated heterocycles. The lowest BCUT2D eigenvalue weighted by molar-refractivity contribution is -0.116. The second kappa shape index (κ2) is 9.22. The molecule has 0 unspecified atom stereocenters.